The quantitative estimate of drug-likeness (QED) is 0.937. The second-order valence-electron chi connectivity index (χ2n) is 5.76. The van der Waals surface area contributed by atoms with Gasteiger partial charge < -0.3 is 15.0 Å². The van der Waals surface area contributed by atoms with E-state index in [0.29, 0.717) is 18.8 Å². The van der Waals surface area contributed by atoms with Crippen LogP contribution in [-0.4, -0.2) is 42.5 Å². The summed E-state index contributed by atoms with van der Waals surface area (Å²) in [6, 6.07) is 17.7. The molecule has 1 N–H and O–H groups in total. The van der Waals surface area contributed by atoms with Crippen LogP contribution in [0.4, 0.5) is 0 Å². The molecule has 0 spiro atoms. The minimum atomic E-state index is -0.626. The third-order valence-corrected chi connectivity index (χ3v) is 3.97. The topological polar surface area (TPSA) is 58.6 Å². The van der Waals surface area contributed by atoms with Gasteiger partial charge in [0.1, 0.15) is 5.75 Å². The number of rotatable bonds is 4. The molecule has 5 heteroatoms. The Kier molecular flexibility index (Phi) is 4.79. The standard InChI is InChI=1S/C19H20N2O3/c1-14(19(23)21-12-11-20-18(22)13-21)24-17-9-7-16(8-10-17)15-5-3-2-4-6-15/h2-10,14H,11-13H2,1H3,(H,20,22)/t14-/m0/s1. The lowest BCUT2D eigenvalue weighted by molar-refractivity contribution is -0.143. The zero-order valence-electron chi connectivity index (χ0n) is 13.6. The molecule has 1 saturated heterocycles. The smallest absolute Gasteiger partial charge is 0.263 e. The van der Waals surface area contributed by atoms with E-state index >= 15 is 0 Å². The molecule has 0 aliphatic carbocycles. The Morgan fingerprint density at radius 3 is 2.42 bits per heavy atom. The van der Waals surface area contributed by atoms with Crippen LogP contribution in [0.1, 0.15) is 6.92 Å². The van der Waals surface area contributed by atoms with Crippen LogP contribution in [0.3, 0.4) is 0 Å². The number of nitrogens with zero attached hydrogens (tertiary/aromatic N) is 1. The molecule has 1 atom stereocenters. The summed E-state index contributed by atoms with van der Waals surface area (Å²) < 4.78 is 5.73. The van der Waals surface area contributed by atoms with Crippen molar-refractivity contribution in [3.8, 4) is 16.9 Å². The summed E-state index contributed by atoms with van der Waals surface area (Å²) in [7, 11) is 0. The van der Waals surface area contributed by atoms with E-state index in [1.165, 1.54) is 4.90 Å². The summed E-state index contributed by atoms with van der Waals surface area (Å²) in [5, 5.41) is 2.70. The molecule has 24 heavy (non-hydrogen) atoms. The lowest BCUT2D eigenvalue weighted by atomic mass is 10.1. The number of nitrogens with one attached hydrogen (secondary N) is 1. The highest BCUT2D eigenvalue weighted by Crippen LogP contribution is 2.22. The van der Waals surface area contributed by atoms with Crippen molar-refractivity contribution in [2.75, 3.05) is 19.6 Å². The second-order valence-corrected chi connectivity index (χ2v) is 5.76. The fourth-order valence-electron chi connectivity index (χ4n) is 2.69. The Morgan fingerprint density at radius 1 is 1.08 bits per heavy atom. The van der Waals surface area contributed by atoms with Gasteiger partial charge in [0.15, 0.2) is 6.10 Å². The summed E-state index contributed by atoms with van der Waals surface area (Å²) in [6.07, 6.45) is -0.626. The number of carbonyl (C=O) groups excluding carboxylic acids is 2. The number of benzene rings is 2. The van der Waals surface area contributed by atoms with Crippen molar-refractivity contribution in [1.29, 1.82) is 0 Å². The average molecular weight is 324 g/mol. The molecule has 2 aromatic rings. The van der Waals surface area contributed by atoms with Gasteiger partial charge in [0.05, 0.1) is 6.54 Å². The SMILES string of the molecule is C[C@H](Oc1ccc(-c2ccccc2)cc1)C(=O)N1CCNC(=O)C1. The number of carbonyl (C=O) groups is 2. The molecule has 2 aromatic carbocycles. The van der Waals surface area contributed by atoms with Gasteiger partial charge in [0, 0.05) is 13.1 Å². The van der Waals surface area contributed by atoms with Gasteiger partial charge in [0.25, 0.3) is 5.91 Å². The van der Waals surface area contributed by atoms with E-state index in [-0.39, 0.29) is 18.4 Å². The summed E-state index contributed by atoms with van der Waals surface area (Å²) in [6.45, 7) is 2.81. The maximum absolute atomic E-state index is 12.4. The molecular formula is C19H20N2O3. The van der Waals surface area contributed by atoms with Crippen molar-refractivity contribution in [3.05, 3.63) is 54.6 Å². The molecule has 1 aliphatic rings. The minimum Gasteiger partial charge on any atom is -0.481 e. The van der Waals surface area contributed by atoms with Crippen molar-refractivity contribution in [1.82, 2.24) is 10.2 Å². The van der Waals surface area contributed by atoms with E-state index in [1.54, 1.807) is 6.92 Å². The average Bonchev–Trinajstić information content (AvgIpc) is 2.62. The van der Waals surface area contributed by atoms with Gasteiger partial charge in [-0.25, -0.2) is 0 Å². The van der Waals surface area contributed by atoms with E-state index in [4.69, 9.17) is 4.74 Å². The Bertz CT molecular complexity index is 713. The van der Waals surface area contributed by atoms with E-state index in [0.717, 1.165) is 11.1 Å². The summed E-state index contributed by atoms with van der Waals surface area (Å²) in [4.78, 5) is 25.3. The Hall–Kier alpha value is -2.82. The van der Waals surface area contributed by atoms with Crippen LogP contribution in [0.15, 0.2) is 54.6 Å². The Morgan fingerprint density at radius 2 is 1.75 bits per heavy atom. The van der Waals surface area contributed by atoms with Crippen molar-refractivity contribution in [2.45, 2.75) is 13.0 Å². The summed E-state index contributed by atoms with van der Waals surface area (Å²) in [5.41, 5.74) is 2.22. The molecule has 1 fully saturated rings. The highest BCUT2D eigenvalue weighted by atomic mass is 16.5. The van der Waals surface area contributed by atoms with E-state index in [2.05, 4.69) is 5.32 Å². The molecule has 1 heterocycles. The molecule has 0 saturated carbocycles. The van der Waals surface area contributed by atoms with Crippen LogP contribution in [0.25, 0.3) is 11.1 Å². The number of hydrogen-bond acceptors (Lipinski definition) is 3. The Labute approximate surface area is 141 Å². The zero-order chi connectivity index (χ0) is 16.9. The van der Waals surface area contributed by atoms with Gasteiger partial charge in [0.2, 0.25) is 5.91 Å². The molecule has 1 aliphatic heterocycles. The Balaban J connectivity index is 1.63. The lowest BCUT2D eigenvalue weighted by Crippen LogP contribution is -2.53. The maximum Gasteiger partial charge on any atom is 0.263 e. The second kappa shape index (κ2) is 7.17. The lowest BCUT2D eigenvalue weighted by Gasteiger charge is -2.29. The van der Waals surface area contributed by atoms with Crippen molar-refractivity contribution >= 4 is 11.8 Å². The van der Waals surface area contributed by atoms with E-state index in [1.807, 2.05) is 54.6 Å². The summed E-state index contributed by atoms with van der Waals surface area (Å²) >= 11 is 0. The summed E-state index contributed by atoms with van der Waals surface area (Å²) in [5.74, 6) is 0.336. The van der Waals surface area contributed by atoms with E-state index in [9.17, 15) is 9.59 Å². The van der Waals surface area contributed by atoms with Crippen LogP contribution >= 0.6 is 0 Å². The predicted octanol–water partition coefficient (Wildman–Crippen LogP) is 2.08. The molecule has 3 rings (SSSR count). The van der Waals surface area contributed by atoms with Crippen LogP contribution in [-0.2, 0) is 9.59 Å². The first-order chi connectivity index (χ1) is 11.6. The first kappa shape index (κ1) is 16.1. The van der Waals surface area contributed by atoms with E-state index < -0.39 is 6.10 Å². The highest BCUT2D eigenvalue weighted by Gasteiger charge is 2.26. The maximum atomic E-state index is 12.4. The highest BCUT2D eigenvalue weighted by molar-refractivity contribution is 5.88. The van der Waals surface area contributed by atoms with Gasteiger partial charge in [-0.15, -0.1) is 0 Å². The third kappa shape index (κ3) is 3.74. The van der Waals surface area contributed by atoms with Crippen LogP contribution < -0.4 is 10.1 Å². The molecule has 0 aromatic heterocycles. The predicted molar refractivity (Wildman–Crippen MR) is 91.6 cm³/mol. The van der Waals surface area contributed by atoms with Crippen LogP contribution in [0.2, 0.25) is 0 Å². The van der Waals surface area contributed by atoms with Crippen LogP contribution in [0.5, 0.6) is 5.75 Å². The molecule has 0 bridgehead atoms. The van der Waals surface area contributed by atoms with Crippen molar-refractivity contribution < 1.29 is 14.3 Å². The van der Waals surface area contributed by atoms with Gasteiger partial charge in [-0.2, -0.15) is 0 Å². The molecule has 5 nitrogen and oxygen atoms in total. The third-order valence-electron chi connectivity index (χ3n) is 3.97. The van der Waals surface area contributed by atoms with Gasteiger partial charge in [-0.3, -0.25) is 9.59 Å². The first-order valence-electron chi connectivity index (χ1n) is 8.01. The molecular weight excluding hydrogens is 304 g/mol. The normalized spacial score (nSPS) is 15.5. The van der Waals surface area contributed by atoms with Crippen molar-refractivity contribution in [2.24, 2.45) is 0 Å². The fraction of sp³-hybridized carbons (Fsp3) is 0.263. The number of amides is 2. The van der Waals surface area contributed by atoms with Gasteiger partial charge >= 0.3 is 0 Å². The number of ether oxygens (including phenoxy) is 1. The molecule has 124 valence electrons. The molecule has 0 radical (unpaired) electrons. The zero-order valence-corrected chi connectivity index (χ0v) is 13.6. The monoisotopic (exact) mass is 324 g/mol. The minimum absolute atomic E-state index is 0.0967. The van der Waals surface area contributed by atoms with Gasteiger partial charge in [-0.1, -0.05) is 42.5 Å². The molecule has 2 amide bonds. The number of piperazine rings is 1. The molecule has 0 unspecified atom stereocenters. The van der Waals surface area contributed by atoms with Crippen molar-refractivity contribution in [3.63, 3.8) is 0 Å². The van der Waals surface area contributed by atoms with Crippen LogP contribution in [0, 0.1) is 0 Å². The van der Waals surface area contributed by atoms with Gasteiger partial charge in [-0.05, 0) is 30.2 Å². The first-order valence-corrected chi connectivity index (χ1v) is 8.01. The fourth-order valence-corrected chi connectivity index (χ4v) is 2.69. The number of hydrogen-bond donors (Lipinski definition) is 1. The largest absolute Gasteiger partial charge is 0.481 e.